The molecule has 0 saturated heterocycles. The number of nitrogens with zero attached hydrogens (tertiary/aromatic N) is 4. The van der Waals surface area contributed by atoms with Gasteiger partial charge in [0, 0.05) is 5.56 Å². The third kappa shape index (κ3) is 2.42. The van der Waals surface area contributed by atoms with Gasteiger partial charge in [-0.1, -0.05) is 22.9 Å². The molecule has 3 aromatic rings. The summed E-state index contributed by atoms with van der Waals surface area (Å²) in [5.41, 5.74) is 0.574. The zero-order valence-corrected chi connectivity index (χ0v) is 11.9. The maximum Gasteiger partial charge on any atom is 0.453 e. The van der Waals surface area contributed by atoms with Crippen molar-refractivity contribution >= 4 is 27.9 Å². The lowest BCUT2D eigenvalue weighted by Crippen LogP contribution is -2.11. The SMILES string of the molecule is COc1ccc(-c2nn3c(C(F)(F)F)nnc3s2)cc1Cl. The van der Waals surface area contributed by atoms with Gasteiger partial charge in [0.1, 0.15) is 10.8 Å². The van der Waals surface area contributed by atoms with Crippen molar-refractivity contribution in [1.29, 1.82) is 0 Å². The highest BCUT2D eigenvalue weighted by Gasteiger charge is 2.38. The first-order valence-corrected chi connectivity index (χ1v) is 6.73. The molecule has 2 heterocycles. The number of hydrogen-bond donors (Lipinski definition) is 0. The summed E-state index contributed by atoms with van der Waals surface area (Å²) < 4.78 is 43.9. The Morgan fingerprint density at radius 1 is 1.29 bits per heavy atom. The molecule has 0 N–H and O–H groups in total. The summed E-state index contributed by atoms with van der Waals surface area (Å²) >= 11 is 6.98. The quantitative estimate of drug-likeness (QED) is 0.719. The molecule has 5 nitrogen and oxygen atoms in total. The number of rotatable bonds is 2. The van der Waals surface area contributed by atoms with Gasteiger partial charge >= 0.3 is 6.18 Å². The van der Waals surface area contributed by atoms with E-state index in [2.05, 4.69) is 15.3 Å². The highest BCUT2D eigenvalue weighted by Crippen LogP contribution is 2.34. The third-order valence-electron chi connectivity index (χ3n) is 2.64. The second kappa shape index (κ2) is 4.85. The predicted octanol–water partition coefficient (Wildman–Crippen LogP) is 3.53. The Kier molecular flexibility index (Phi) is 3.25. The van der Waals surface area contributed by atoms with Crippen molar-refractivity contribution in [3.8, 4) is 16.3 Å². The summed E-state index contributed by atoms with van der Waals surface area (Å²) in [4.78, 5) is 0.0595. The monoisotopic (exact) mass is 334 g/mol. The fraction of sp³-hybridized carbons (Fsp3) is 0.182. The molecule has 110 valence electrons. The van der Waals surface area contributed by atoms with E-state index in [0.717, 1.165) is 11.3 Å². The first-order chi connectivity index (χ1) is 9.90. The van der Waals surface area contributed by atoms with Crippen LogP contribution >= 0.6 is 22.9 Å². The summed E-state index contributed by atoms with van der Waals surface area (Å²) in [6, 6.07) is 4.84. The Balaban J connectivity index is 2.09. The molecule has 0 aliphatic carbocycles. The third-order valence-corrected chi connectivity index (χ3v) is 3.89. The molecule has 3 rings (SSSR count). The van der Waals surface area contributed by atoms with Crippen LogP contribution in [0, 0.1) is 0 Å². The number of alkyl halides is 3. The highest BCUT2D eigenvalue weighted by molar-refractivity contribution is 7.19. The molecule has 0 spiro atoms. The van der Waals surface area contributed by atoms with Gasteiger partial charge in [-0.3, -0.25) is 0 Å². The Morgan fingerprint density at radius 3 is 2.67 bits per heavy atom. The maximum atomic E-state index is 12.7. The molecular weight excluding hydrogens is 329 g/mol. The van der Waals surface area contributed by atoms with Gasteiger partial charge in [0.2, 0.25) is 4.96 Å². The van der Waals surface area contributed by atoms with Crippen LogP contribution in [0.3, 0.4) is 0 Å². The number of methoxy groups -OCH3 is 1. The van der Waals surface area contributed by atoms with E-state index in [1.807, 2.05) is 0 Å². The highest BCUT2D eigenvalue weighted by atomic mass is 35.5. The molecule has 21 heavy (non-hydrogen) atoms. The summed E-state index contributed by atoms with van der Waals surface area (Å²) in [5.74, 6) is -0.681. The number of aromatic nitrogens is 4. The topological polar surface area (TPSA) is 52.3 Å². The Morgan fingerprint density at radius 2 is 2.05 bits per heavy atom. The number of ether oxygens (including phenoxy) is 1. The van der Waals surface area contributed by atoms with Crippen LogP contribution in [0.1, 0.15) is 5.82 Å². The second-order valence-corrected chi connectivity index (χ2v) is 5.34. The minimum absolute atomic E-state index is 0.0595. The normalized spacial score (nSPS) is 12.0. The molecule has 0 radical (unpaired) electrons. The Bertz CT molecular complexity index is 814. The van der Waals surface area contributed by atoms with E-state index in [9.17, 15) is 13.2 Å². The largest absolute Gasteiger partial charge is 0.495 e. The van der Waals surface area contributed by atoms with Crippen LogP contribution in [0.2, 0.25) is 5.02 Å². The average Bonchev–Trinajstić information content (AvgIpc) is 2.96. The van der Waals surface area contributed by atoms with Crippen molar-refractivity contribution in [3.63, 3.8) is 0 Å². The molecule has 0 aliphatic rings. The van der Waals surface area contributed by atoms with Gasteiger partial charge in [0.25, 0.3) is 5.82 Å². The lowest BCUT2D eigenvalue weighted by atomic mass is 10.2. The average molecular weight is 335 g/mol. The predicted molar refractivity (Wildman–Crippen MR) is 70.7 cm³/mol. The van der Waals surface area contributed by atoms with Crippen molar-refractivity contribution in [2.45, 2.75) is 6.18 Å². The van der Waals surface area contributed by atoms with Gasteiger partial charge in [-0.05, 0) is 18.2 Å². The van der Waals surface area contributed by atoms with Crippen molar-refractivity contribution in [3.05, 3.63) is 29.0 Å². The molecule has 1 aromatic carbocycles. The Labute approximate surface area is 124 Å². The fourth-order valence-electron chi connectivity index (χ4n) is 1.71. The summed E-state index contributed by atoms with van der Waals surface area (Å²) in [6.07, 6.45) is -4.61. The van der Waals surface area contributed by atoms with E-state index in [4.69, 9.17) is 16.3 Å². The summed E-state index contributed by atoms with van der Waals surface area (Å²) in [7, 11) is 1.47. The fourth-order valence-corrected chi connectivity index (χ4v) is 2.80. The molecule has 0 aliphatic heterocycles. The van der Waals surface area contributed by atoms with Gasteiger partial charge < -0.3 is 4.74 Å². The number of benzene rings is 1. The molecule has 0 saturated carbocycles. The number of hydrogen-bond acceptors (Lipinski definition) is 5. The van der Waals surface area contributed by atoms with Crippen LogP contribution in [0.25, 0.3) is 15.5 Å². The van der Waals surface area contributed by atoms with Gasteiger partial charge in [-0.2, -0.15) is 22.8 Å². The molecule has 0 fully saturated rings. The van der Waals surface area contributed by atoms with Gasteiger partial charge in [0.15, 0.2) is 0 Å². The van der Waals surface area contributed by atoms with Gasteiger partial charge in [-0.15, -0.1) is 10.2 Å². The van der Waals surface area contributed by atoms with E-state index < -0.39 is 12.0 Å². The number of halogens is 4. The number of fused-ring (bicyclic) bond motifs is 1. The lowest BCUT2D eigenvalue weighted by Gasteiger charge is -2.03. The van der Waals surface area contributed by atoms with Crippen LogP contribution in [-0.4, -0.2) is 26.9 Å². The smallest absolute Gasteiger partial charge is 0.453 e. The molecule has 0 amide bonds. The van der Waals surface area contributed by atoms with E-state index >= 15 is 0 Å². The molecule has 10 heteroatoms. The molecular formula is C11H6ClF3N4OS. The van der Waals surface area contributed by atoms with E-state index in [0.29, 0.717) is 25.9 Å². The molecule has 2 aromatic heterocycles. The van der Waals surface area contributed by atoms with Crippen LogP contribution in [0.5, 0.6) is 5.75 Å². The van der Waals surface area contributed by atoms with Gasteiger partial charge in [-0.25, -0.2) is 0 Å². The van der Waals surface area contributed by atoms with Crippen LogP contribution in [0.4, 0.5) is 13.2 Å². The maximum absolute atomic E-state index is 12.7. The Hall–Kier alpha value is -1.87. The second-order valence-electron chi connectivity index (χ2n) is 3.97. The standard InChI is InChI=1S/C11H6ClF3N4OS/c1-20-7-3-2-5(4-6(7)12)8-18-19-9(11(13,14)15)16-17-10(19)21-8/h2-4H,1H3. The first-order valence-electron chi connectivity index (χ1n) is 5.53. The van der Waals surface area contributed by atoms with Crippen LogP contribution < -0.4 is 4.74 Å². The minimum Gasteiger partial charge on any atom is -0.495 e. The zero-order chi connectivity index (χ0) is 15.2. The van der Waals surface area contributed by atoms with Crippen LogP contribution in [0.15, 0.2) is 18.2 Å². The van der Waals surface area contributed by atoms with Crippen molar-refractivity contribution < 1.29 is 17.9 Å². The minimum atomic E-state index is -4.61. The van der Waals surface area contributed by atoms with Crippen molar-refractivity contribution in [2.75, 3.05) is 7.11 Å². The van der Waals surface area contributed by atoms with E-state index in [-0.39, 0.29) is 4.96 Å². The molecule has 0 unspecified atom stereocenters. The first kappa shape index (κ1) is 14.1. The summed E-state index contributed by atoms with van der Waals surface area (Å²) in [5, 5.41) is 11.2. The summed E-state index contributed by atoms with van der Waals surface area (Å²) in [6.45, 7) is 0. The van der Waals surface area contributed by atoms with Crippen molar-refractivity contribution in [2.24, 2.45) is 0 Å². The molecule has 0 atom stereocenters. The van der Waals surface area contributed by atoms with Crippen LogP contribution in [-0.2, 0) is 6.18 Å². The molecule has 0 bridgehead atoms. The van der Waals surface area contributed by atoms with Crippen molar-refractivity contribution in [1.82, 2.24) is 19.8 Å². The zero-order valence-electron chi connectivity index (χ0n) is 10.3. The van der Waals surface area contributed by atoms with Gasteiger partial charge in [0.05, 0.1) is 12.1 Å². The van der Waals surface area contributed by atoms with E-state index in [1.165, 1.54) is 7.11 Å². The lowest BCUT2D eigenvalue weighted by molar-refractivity contribution is -0.146. The van der Waals surface area contributed by atoms with E-state index in [1.54, 1.807) is 18.2 Å².